The zero-order valence-corrected chi connectivity index (χ0v) is 24.3. The van der Waals surface area contributed by atoms with Crippen molar-refractivity contribution in [1.82, 2.24) is 4.90 Å². The quantitative estimate of drug-likeness (QED) is 0.171. The molecule has 0 bridgehead atoms. The molecule has 0 saturated heterocycles. The number of amides is 1. The standard InChI is InChI=1S/C31H30N4O4S2/c1-35(29(36)19-21-10-12-23(13-11-21)27-8-3-4-9-28(27)41(33,37)38)20-22-6-5-7-25(18-22)30(32)34-31(40)24-14-16-26(39-2)17-15-24/h3-18H,19-20H2,1-2H3,(H2,32,34,40)(H2,33,37,38). The molecule has 4 aromatic rings. The first-order valence-corrected chi connectivity index (χ1v) is 14.6. The van der Waals surface area contributed by atoms with Gasteiger partial charge in [0.2, 0.25) is 15.9 Å². The maximum Gasteiger partial charge on any atom is 0.238 e. The highest BCUT2D eigenvalue weighted by Crippen LogP contribution is 2.27. The van der Waals surface area contributed by atoms with Crippen molar-refractivity contribution in [3.63, 3.8) is 0 Å². The van der Waals surface area contributed by atoms with Gasteiger partial charge in [0.25, 0.3) is 0 Å². The number of rotatable bonds is 9. The molecule has 4 aromatic carbocycles. The fourth-order valence-corrected chi connectivity index (χ4v) is 5.22. The Morgan fingerprint density at radius 3 is 2.24 bits per heavy atom. The number of amidine groups is 1. The summed E-state index contributed by atoms with van der Waals surface area (Å²) in [5, 5.41) is 5.37. The largest absolute Gasteiger partial charge is 0.497 e. The van der Waals surface area contributed by atoms with Crippen molar-refractivity contribution in [1.29, 1.82) is 0 Å². The normalized spacial score (nSPS) is 11.6. The van der Waals surface area contributed by atoms with E-state index in [4.69, 9.17) is 27.8 Å². The number of benzene rings is 4. The van der Waals surface area contributed by atoms with E-state index in [1.807, 2.05) is 60.7 Å². The van der Waals surface area contributed by atoms with Gasteiger partial charge in [0.1, 0.15) is 16.6 Å². The first kappa shape index (κ1) is 29.6. The number of ether oxygens (including phenoxy) is 1. The molecule has 0 saturated carbocycles. The van der Waals surface area contributed by atoms with Gasteiger partial charge in [0, 0.05) is 30.3 Å². The Labute approximate surface area is 245 Å². The molecule has 0 aromatic heterocycles. The highest BCUT2D eigenvalue weighted by molar-refractivity contribution is 7.89. The van der Waals surface area contributed by atoms with Crippen molar-refractivity contribution in [3.05, 3.63) is 119 Å². The molecule has 0 aliphatic rings. The van der Waals surface area contributed by atoms with E-state index >= 15 is 0 Å². The molecule has 8 nitrogen and oxygen atoms in total. The van der Waals surface area contributed by atoms with Crippen LogP contribution >= 0.6 is 12.2 Å². The number of primary sulfonamides is 1. The molecule has 0 radical (unpaired) electrons. The third kappa shape index (κ3) is 7.63. The number of sulfonamides is 1. The molecular formula is C31H30N4O4S2. The number of thiocarbonyl (C=S) groups is 1. The third-order valence-electron chi connectivity index (χ3n) is 6.44. The van der Waals surface area contributed by atoms with Crippen LogP contribution in [-0.2, 0) is 27.8 Å². The van der Waals surface area contributed by atoms with Crippen molar-refractivity contribution in [2.45, 2.75) is 17.9 Å². The summed E-state index contributed by atoms with van der Waals surface area (Å²) in [6.07, 6.45) is 0.188. The summed E-state index contributed by atoms with van der Waals surface area (Å²) in [5.41, 5.74) is 10.6. The number of carbonyl (C=O) groups excluding carboxylic acids is 1. The number of aliphatic imine (C=N–C) groups is 1. The summed E-state index contributed by atoms with van der Waals surface area (Å²) in [5.74, 6) is 0.934. The Bertz CT molecular complexity index is 1700. The molecule has 0 aliphatic heterocycles. The SMILES string of the molecule is COc1ccc(C(=S)N=C(N)c2cccc(CN(C)C(=O)Cc3ccc(-c4ccccc4S(N)(=O)=O)cc3)c2)cc1. The summed E-state index contributed by atoms with van der Waals surface area (Å²) in [6.45, 7) is 0.378. The van der Waals surface area contributed by atoms with Crippen LogP contribution in [-0.4, -0.2) is 44.2 Å². The molecular weight excluding hydrogens is 556 g/mol. The van der Waals surface area contributed by atoms with E-state index in [2.05, 4.69) is 4.99 Å². The summed E-state index contributed by atoms with van der Waals surface area (Å²) in [7, 11) is -0.532. The number of methoxy groups -OCH3 is 1. The van der Waals surface area contributed by atoms with Crippen LogP contribution in [0.15, 0.2) is 107 Å². The lowest BCUT2D eigenvalue weighted by atomic mass is 10.0. The average Bonchev–Trinajstić information content (AvgIpc) is 2.97. The smallest absolute Gasteiger partial charge is 0.238 e. The van der Waals surface area contributed by atoms with Gasteiger partial charge in [-0.05, 0) is 53.1 Å². The van der Waals surface area contributed by atoms with Gasteiger partial charge in [-0.15, -0.1) is 0 Å². The zero-order valence-electron chi connectivity index (χ0n) is 22.7. The zero-order chi connectivity index (χ0) is 29.6. The first-order chi connectivity index (χ1) is 19.5. The van der Waals surface area contributed by atoms with E-state index in [1.165, 1.54) is 6.07 Å². The average molecular weight is 587 g/mol. The van der Waals surface area contributed by atoms with Gasteiger partial charge in [-0.2, -0.15) is 0 Å². The third-order valence-corrected chi connectivity index (χ3v) is 7.74. The number of likely N-dealkylation sites (N-methyl/N-ethyl adjacent to an activating group) is 1. The minimum absolute atomic E-state index is 0.0547. The van der Waals surface area contributed by atoms with Crippen LogP contribution in [0.25, 0.3) is 11.1 Å². The monoisotopic (exact) mass is 586 g/mol. The fourth-order valence-electron chi connectivity index (χ4n) is 4.23. The Hall–Kier alpha value is -4.38. The fraction of sp³-hybridized carbons (Fsp3) is 0.129. The highest BCUT2D eigenvalue weighted by Gasteiger charge is 2.15. The molecule has 0 spiro atoms. The van der Waals surface area contributed by atoms with Gasteiger partial charge in [0.05, 0.1) is 18.4 Å². The molecule has 10 heteroatoms. The van der Waals surface area contributed by atoms with E-state index in [0.717, 1.165) is 22.4 Å². The van der Waals surface area contributed by atoms with Crippen LogP contribution in [0.2, 0.25) is 0 Å². The molecule has 0 atom stereocenters. The van der Waals surface area contributed by atoms with E-state index < -0.39 is 10.0 Å². The number of carbonyl (C=O) groups is 1. The van der Waals surface area contributed by atoms with Crippen molar-refractivity contribution in [2.24, 2.45) is 15.9 Å². The van der Waals surface area contributed by atoms with Gasteiger partial charge in [-0.1, -0.05) is 72.9 Å². The van der Waals surface area contributed by atoms with Crippen LogP contribution in [0, 0.1) is 0 Å². The molecule has 210 valence electrons. The molecule has 0 fully saturated rings. The van der Waals surface area contributed by atoms with Crippen LogP contribution in [0.5, 0.6) is 5.75 Å². The van der Waals surface area contributed by atoms with E-state index in [1.54, 1.807) is 49.4 Å². The van der Waals surface area contributed by atoms with E-state index in [-0.39, 0.29) is 23.1 Å². The second-order valence-corrected chi connectivity index (χ2v) is 11.3. The molecule has 4 N–H and O–H groups in total. The second-order valence-electron chi connectivity index (χ2n) is 9.40. The number of nitrogens with two attached hydrogens (primary N) is 2. The van der Waals surface area contributed by atoms with Gasteiger partial charge < -0.3 is 15.4 Å². The molecule has 0 heterocycles. The van der Waals surface area contributed by atoms with Gasteiger partial charge in [0.15, 0.2) is 0 Å². The maximum atomic E-state index is 13.0. The van der Waals surface area contributed by atoms with Gasteiger partial charge >= 0.3 is 0 Å². The molecule has 0 aliphatic carbocycles. The van der Waals surface area contributed by atoms with Crippen LogP contribution in [0.3, 0.4) is 0 Å². The van der Waals surface area contributed by atoms with Gasteiger partial charge in [-0.3, -0.25) is 4.79 Å². The predicted octanol–water partition coefficient (Wildman–Crippen LogP) is 4.29. The molecule has 4 rings (SSSR count). The number of hydrogen-bond acceptors (Lipinski definition) is 5. The molecule has 41 heavy (non-hydrogen) atoms. The predicted molar refractivity (Wildman–Crippen MR) is 165 cm³/mol. The van der Waals surface area contributed by atoms with Crippen LogP contribution < -0.4 is 15.6 Å². The van der Waals surface area contributed by atoms with E-state index in [0.29, 0.717) is 28.2 Å². The number of nitrogens with zero attached hydrogens (tertiary/aromatic N) is 2. The lowest BCUT2D eigenvalue weighted by Crippen LogP contribution is -2.28. The lowest BCUT2D eigenvalue weighted by Gasteiger charge is -2.18. The van der Waals surface area contributed by atoms with E-state index in [9.17, 15) is 13.2 Å². The first-order valence-electron chi connectivity index (χ1n) is 12.6. The van der Waals surface area contributed by atoms with Crippen LogP contribution in [0.1, 0.15) is 22.3 Å². The Balaban J connectivity index is 1.40. The van der Waals surface area contributed by atoms with Crippen molar-refractivity contribution in [2.75, 3.05) is 14.2 Å². The Morgan fingerprint density at radius 2 is 1.59 bits per heavy atom. The lowest BCUT2D eigenvalue weighted by molar-refractivity contribution is -0.129. The van der Waals surface area contributed by atoms with Crippen molar-refractivity contribution < 1.29 is 17.9 Å². The summed E-state index contributed by atoms with van der Waals surface area (Å²) < 4.78 is 29.1. The minimum Gasteiger partial charge on any atom is -0.497 e. The summed E-state index contributed by atoms with van der Waals surface area (Å²) in [4.78, 5) is 19.4. The molecule has 1 amide bonds. The summed E-state index contributed by atoms with van der Waals surface area (Å²) >= 11 is 5.44. The molecule has 0 unspecified atom stereocenters. The van der Waals surface area contributed by atoms with Crippen molar-refractivity contribution in [3.8, 4) is 16.9 Å². The number of hydrogen-bond donors (Lipinski definition) is 2. The maximum absolute atomic E-state index is 13.0. The minimum atomic E-state index is -3.87. The topological polar surface area (TPSA) is 128 Å². The van der Waals surface area contributed by atoms with Crippen LogP contribution in [0.4, 0.5) is 0 Å². The second kappa shape index (κ2) is 12.9. The van der Waals surface area contributed by atoms with Gasteiger partial charge in [-0.25, -0.2) is 18.5 Å². The Morgan fingerprint density at radius 1 is 0.902 bits per heavy atom. The highest BCUT2D eigenvalue weighted by atomic mass is 32.2. The summed E-state index contributed by atoms with van der Waals surface area (Å²) in [6, 6.07) is 28.5. The Kier molecular flexibility index (Phi) is 9.28. The van der Waals surface area contributed by atoms with Crippen molar-refractivity contribution >= 4 is 39.0 Å².